The number of carbonyl (C=O) groups excluding carboxylic acids is 2. The molecule has 116 valence electrons. The molecule has 1 aliphatic rings. The van der Waals surface area contributed by atoms with E-state index in [0.29, 0.717) is 13.0 Å². The zero-order chi connectivity index (χ0) is 15.4. The van der Waals surface area contributed by atoms with Crippen molar-refractivity contribution in [2.45, 2.75) is 65.1 Å². The summed E-state index contributed by atoms with van der Waals surface area (Å²) >= 11 is 1.73. The lowest BCUT2D eigenvalue weighted by Crippen LogP contribution is -2.62. The van der Waals surface area contributed by atoms with Gasteiger partial charge in [0.25, 0.3) is 0 Å². The van der Waals surface area contributed by atoms with Gasteiger partial charge in [0.1, 0.15) is 12.1 Å². The highest BCUT2D eigenvalue weighted by Gasteiger charge is 2.39. The molecule has 1 aliphatic heterocycles. The maximum atomic E-state index is 12.6. The van der Waals surface area contributed by atoms with Crippen molar-refractivity contribution in [3.63, 3.8) is 0 Å². The van der Waals surface area contributed by atoms with E-state index in [9.17, 15) is 9.59 Å². The molecule has 2 heterocycles. The topological polar surface area (TPSA) is 49.4 Å². The third-order valence-corrected chi connectivity index (χ3v) is 5.15. The number of aryl methyl sites for hydroxylation is 1. The van der Waals surface area contributed by atoms with E-state index in [1.165, 1.54) is 4.88 Å². The van der Waals surface area contributed by atoms with Gasteiger partial charge in [-0.3, -0.25) is 9.59 Å². The largest absolute Gasteiger partial charge is 0.343 e. The summed E-state index contributed by atoms with van der Waals surface area (Å²) in [5, 5.41) is 2.86. The number of carbonyl (C=O) groups is 2. The summed E-state index contributed by atoms with van der Waals surface area (Å²) in [6.07, 6.45) is 3.27. The number of rotatable bonds is 6. The Hall–Kier alpha value is -1.36. The van der Waals surface area contributed by atoms with Crippen LogP contribution in [0, 0.1) is 0 Å². The number of amides is 2. The molecule has 1 N–H and O–H groups in total. The normalized spacial score (nSPS) is 22.5. The molecule has 0 spiro atoms. The molecule has 2 rings (SSSR count). The first-order valence-corrected chi connectivity index (χ1v) is 8.60. The van der Waals surface area contributed by atoms with Crippen molar-refractivity contribution < 1.29 is 9.59 Å². The van der Waals surface area contributed by atoms with Gasteiger partial charge >= 0.3 is 0 Å². The highest BCUT2D eigenvalue weighted by atomic mass is 32.1. The van der Waals surface area contributed by atoms with Crippen molar-refractivity contribution in [1.82, 2.24) is 10.2 Å². The third-order valence-electron chi connectivity index (χ3n) is 3.94. The van der Waals surface area contributed by atoms with E-state index in [0.717, 1.165) is 24.1 Å². The zero-order valence-electron chi connectivity index (χ0n) is 13.0. The van der Waals surface area contributed by atoms with Crippen molar-refractivity contribution in [2.75, 3.05) is 0 Å². The Morgan fingerprint density at radius 3 is 2.48 bits per heavy atom. The van der Waals surface area contributed by atoms with Crippen molar-refractivity contribution in [1.29, 1.82) is 0 Å². The van der Waals surface area contributed by atoms with Crippen LogP contribution in [0.5, 0.6) is 0 Å². The fourth-order valence-electron chi connectivity index (χ4n) is 2.72. The van der Waals surface area contributed by atoms with Crippen LogP contribution in [0.2, 0.25) is 0 Å². The summed E-state index contributed by atoms with van der Waals surface area (Å²) < 4.78 is 0. The summed E-state index contributed by atoms with van der Waals surface area (Å²) in [6, 6.07) is 3.50. The van der Waals surface area contributed by atoms with Gasteiger partial charge < -0.3 is 10.2 Å². The lowest BCUT2D eigenvalue weighted by molar-refractivity contribution is -0.150. The van der Waals surface area contributed by atoms with Crippen LogP contribution >= 0.6 is 11.3 Å². The second kappa shape index (κ2) is 7.07. The SMILES string of the molecule is CCCC1C(=O)NC(CC)C(=O)N1Cc1ccc(CC)s1. The Bertz CT molecular complexity index is 512. The minimum absolute atomic E-state index is 0.00410. The summed E-state index contributed by atoms with van der Waals surface area (Å²) in [4.78, 5) is 29.1. The molecule has 0 aliphatic carbocycles. The molecule has 2 amide bonds. The first-order valence-electron chi connectivity index (χ1n) is 7.79. The fraction of sp³-hybridized carbons (Fsp3) is 0.625. The van der Waals surface area contributed by atoms with E-state index < -0.39 is 0 Å². The molecular formula is C16H24N2O2S. The van der Waals surface area contributed by atoms with Gasteiger partial charge in [-0.25, -0.2) is 0 Å². The Balaban J connectivity index is 2.20. The van der Waals surface area contributed by atoms with Crippen molar-refractivity contribution in [3.8, 4) is 0 Å². The van der Waals surface area contributed by atoms with E-state index in [2.05, 4.69) is 24.4 Å². The number of hydrogen-bond acceptors (Lipinski definition) is 3. The Morgan fingerprint density at radius 1 is 1.19 bits per heavy atom. The van der Waals surface area contributed by atoms with E-state index in [4.69, 9.17) is 0 Å². The minimum atomic E-state index is -0.365. The molecule has 0 aromatic carbocycles. The van der Waals surface area contributed by atoms with Crippen LogP contribution in [0.15, 0.2) is 12.1 Å². The summed E-state index contributed by atoms with van der Waals surface area (Å²) in [6.45, 7) is 6.66. The van der Waals surface area contributed by atoms with Crippen LogP contribution in [0.4, 0.5) is 0 Å². The number of nitrogens with one attached hydrogen (secondary N) is 1. The molecule has 1 saturated heterocycles. The molecule has 21 heavy (non-hydrogen) atoms. The van der Waals surface area contributed by atoms with Gasteiger partial charge in [0.2, 0.25) is 11.8 Å². The standard InChI is InChI=1S/C16H24N2O2S/c1-4-7-14-15(19)17-13(6-3)16(20)18(14)10-12-9-8-11(5-2)21-12/h8-9,13-14H,4-7,10H2,1-3H3,(H,17,19). The molecule has 0 radical (unpaired) electrons. The predicted octanol–water partition coefficient (Wildman–Crippen LogP) is 2.72. The molecule has 1 fully saturated rings. The summed E-state index contributed by atoms with van der Waals surface area (Å²) in [5.74, 6) is 0.0533. The van der Waals surface area contributed by atoms with Crippen LogP contribution in [-0.2, 0) is 22.6 Å². The van der Waals surface area contributed by atoms with Crippen molar-refractivity contribution >= 4 is 23.2 Å². The lowest BCUT2D eigenvalue weighted by atomic mass is 10.0. The van der Waals surface area contributed by atoms with Crippen LogP contribution in [0.25, 0.3) is 0 Å². The van der Waals surface area contributed by atoms with Gasteiger partial charge in [-0.2, -0.15) is 0 Å². The monoisotopic (exact) mass is 308 g/mol. The van der Waals surface area contributed by atoms with Crippen LogP contribution < -0.4 is 5.32 Å². The average Bonchev–Trinajstić information content (AvgIpc) is 2.94. The summed E-state index contributed by atoms with van der Waals surface area (Å²) in [7, 11) is 0. The third kappa shape index (κ3) is 3.46. The van der Waals surface area contributed by atoms with E-state index >= 15 is 0 Å². The van der Waals surface area contributed by atoms with Crippen molar-refractivity contribution in [2.24, 2.45) is 0 Å². The van der Waals surface area contributed by atoms with E-state index in [1.54, 1.807) is 16.2 Å². The molecular weight excluding hydrogens is 284 g/mol. The average molecular weight is 308 g/mol. The van der Waals surface area contributed by atoms with Gasteiger partial charge in [0.05, 0.1) is 6.54 Å². The van der Waals surface area contributed by atoms with Gasteiger partial charge in [-0.15, -0.1) is 11.3 Å². The lowest BCUT2D eigenvalue weighted by Gasteiger charge is -2.38. The van der Waals surface area contributed by atoms with Crippen LogP contribution in [0.3, 0.4) is 0 Å². The Kier molecular flexibility index (Phi) is 5.39. The quantitative estimate of drug-likeness (QED) is 0.878. The van der Waals surface area contributed by atoms with Gasteiger partial charge in [0, 0.05) is 9.75 Å². The first-order chi connectivity index (χ1) is 10.1. The maximum absolute atomic E-state index is 12.6. The Morgan fingerprint density at radius 2 is 1.90 bits per heavy atom. The first kappa shape index (κ1) is 16.0. The minimum Gasteiger partial charge on any atom is -0.343 e. The number of piperazine rings is 1. The Labute approximate surface area is 130 Å². The molecule has 2 unspecified atom stereocenters. The molecule has 2 atom stereocenters. The second-order valence-corrected chi connectivity index (χ2v) is 6.71. The molecule has 1 aromatic rings. The van der Waals surface area contributed by atoms with Crippen molar-refractivity contribution in [3.05, 3.63) is 21.9 Å². The number of hydrogen-bond donors (Lipinski definition) is 1. The molecule has 4 nitrogen and oxygen atoms in total. The highest BCUT2D eigenvalue weighted by Crippen LogP contribution is 2.23. The fourth-order valence-corrected chi connectivity index (χ4v) is 3.67. The van der Waals surface area contributed by atoms with Gasteiger partial charge in [0.15, 0.2) is 0 Å². The highest BCUT2D eigenvalue weighted by molar-refractivity contribution is 7.11. The van der Waals surface area contributed by atoms with E-state index in [1.807, 2.05) is 13.8 Å². The predicted molar refractivity (Wildman–Crippen MR) is 85.2 cm³/mol. The second-order valence-electron chi connectivity index (χ2n) is 5.46. The summed E-state index contributed by atoms with van der Waals surface area (Å²) in [5.41, 5.74) is 0. The number of nitrogens with zero attached hydrogens (tertiary/aromatic N) is 1. The molecule has 0 bridgehead atoms. The van der Waals surface area contributed by atoms with Gasteiger partial charge in [-0.05, 0) is 31.4 Å². The van der Waals surface area contributed by atoms with Crippen LogP contribution in [0.1, 0.15) is 49.8 Å². The molecule has 5 heteroatoms. The van der Waals surface area contributed by atoms with E-state index in [-0.39, 0.29) is 23.9 Å². The number of thiophene rings is 1. The molecule has 0 saturated carbocycles. The smallest absolute Gasteiger partial charge is 0.246 e. The maximum Gasteiger partial charge on any atom is 0.246 e. The van der Waals surface area contributed by atoms with Crippen LogP contribution in [-0.4, -0.2) is 28.8 Å². The zero-order valence-corrected chi connectivity index (χ0v) is 13.8. The molecule has 1 aromatic heterocycles. The van der Waals surface area contributed by atoms with Gasteiger partial charge in [-0.1, -0.05) is 27.2 Å².